The van der Waals surface area contributed by atoms with Crippen molar-refractivity contribution in [3.8, 4) is 0 Å². The number of esters is 1. The summed E-state index contributed by atoms with van der Waals surface area (Å²) in [7, 11) is 1.41. The van der Waals surface area contributed by atoms with E-state index in [1.807, 2.05) is 13.8 Å². The van der Waals surface area contributed by atoms with Crippen molar-refractivity contribution in [2.45, 2.75) is 45.1 Å². The highest BCUT2D eigenvalue weighted by Crippen LogP contribution is 2.55. The second kappa shape index (κ2) is 4.02. The molecule has 92 valence electrons. The Bertz CT molecular complexity index is 287. The van der Waals surface area contributed by atoms with Crippen molar-refractivity contribution in [2.24, 2.45) is 23.7 Å². The van der Waals surface area contributed by atoms with E-state index in [4.69, 9.17) is 4.74 Å². The molecule has 4 unspecified atom stereocenters. The number of carbonyl (C=O) groups excluding carboxylic acids is 1. The first-order chi connectivity index (χ1) is 7.49. The lowest BCUT2D eigenvalue weighted by molar-refractivity contribution is -0.164. The van der Waals surface area contributed by atoms with Gasteiger partial charge in [0.1, 0.15) is 0 Å². The van der Waals surface area contributed by atoms with E-state index in [0.717, 1.165) is 19.3 Å². The summed E-state index contributed by atoms with van der Waals surface area (Å²) in [5, 5.41) is 10.8. The summed E-state index contributed by atoms with van der Waals surface area (Å²) in [6, 6.07) is 0. The highest BCUT2D eigenvalue weighted by Gasteiger charge is 2.57. The predicted molar refractivity (Wildman–Crippen MR) is 60.7 cm³/mol. The van der Waals surface area contributed by atoms with Crippen molar-refractivity contribution in [2.75, 3.05) is 7.11 Å². The van der Waals surface area contributed by atoms with Gasteiger partial charge in [-0.3, -0.25) is 4.79 Å². The van der Waals surface area contributed by atoms with Crippen molar-refractivity contribution in [1.82, 2.24) is 0 Å². The molecule has 2 rings (SSSR count). The van der Waals surface area contributed by atoms with E-state index in [1.165, 1.54) is 13.5 Å². The molecule has 4 atom stereocenters. The zero-order valence-corrected chi connectivity index (χ0v) is 10.4. The SMILES string of the molecule is COC(=O)C(C(C)C)C1(O)CC2CCC1C2. The Hall–Kier alpha value is -0.570. The highest BCUT2D eigenvalue weighted by molar-refractivity contribution is 5.74. The molecule has 3 heteroatoms. The fraction of sp³-hybridized carbons (Fsp3) is 0.923. The van der Waals surface area contributed by atoms with E-state index in [9.17, 15) is 9.90 Å². The molecule has 0 spiro atoms. The molecule has 0 heterocycles. The summed E-state index contributed by atoms with van der Waals surface area (Å²) < 4.78 is 4.86. The van der Waals surface area contributed by atoms with Gasteiger partial charge in [-0.1, -0.05) is 13.8 Å². The predicted octanol–water partition coefficient (Wildman–Crippen LogP) is 1.98. The molecule has 1 N–H and O–H groups in total. The molecule has 0 aromatic rings. The Morgan fingerprint density at radius 2 is 2.12 bits per heavy atom. The number of aliphatic hydroxyl groups is 1. The minimum Gasteiger partial charge on any atom is -0.469 e. The van der Waals surface area contributed by atoms with Gasteiger partial charge in [0.25, 0.3) is 0 Å². The lowest BCUT2D eigenvalue weighted by Gasteiger charge is -2.40. The third kappa shape index (κ3) is 1.65. The van der Waals surface area contributed by atoms with Crippen LogP contribution in [0.5, 0.6) is 0 Å². The zero-order valence-electron chi connectivity index (χ0n) is 10.4. The van der Waals surface area contributed by atoms with Crippen molar-refractivity contribution in [3.63, 3.8) is 0 Å². The number of ether oxygens (including phenoxy) is 1. The molecule has 2 fully saturated rings. The molecule has 3 nitrogen and oxygen atoms in total. The molecule has 0 aromatic carbocycles. The van der Waals surface area contributed by atoms with Crippen molar-refractivity contribution < 1.29 is 14.6 Å². The van der Waals surface area contributed by atoms with Crippen molar-refractivity contribution >= 4 is 5.97 Å². The summed E-state index contributed by atoms with van der Waals surface area (Å²) in [5.74, 6) is 0.472. The van der Waals surface area contributed by atoms with E-state index < -0.39 is 5.60 Å². The molecule has 2 aliphatic rings. The van der Waals surface area contributed by atoms with Gasteiger partial charge in [-0.05, 0) is 43.4 Å². The summed E-state index contributed by atoms with van der Waals surface area (Å²) >= 11 is 0. The Kier molecular flexibility index (Phi) is 2.99. The molecule has 0 radical (unpaired) electrons. The number of hydrogen-bond donors (Lipinski definition) is 1. The summed E-state index contributed by atoms with van der Waals surface area (Å²) in [6.45, 7) is 3.98. The number of hydrogen-bond acceptors (Lipinski definition) is 3. The minimum atomic E-state index is -0.801. The van der Waals surface area contributed by atoms with Gasteiger partial charge < -0.3 is 9.84 Å². The third-order valence-electron chi connectivity index (χ3n) is 4.52. The fourth-order valence-corrected chi connectivity index (χ4v) is 3.90. The summed E-state index contributed by atoms with van der Waals surface area (Å²) in [6.07, 6.45) is 4.17. The monoisotopic (exact) mass is 226 g/mol. The number of fused-ring (bicyclic) bond motifs is 2. The molecule has 0 aromatic heterocycles. The second-order valence-corrected chi connectivity index (χ2v) is 5.82. The van der Waals surface area contributed by atoms with Crippen LogP contribution in [0.15, 0.2) is 0 Å². The maximum absolute atomic E-state index is 11.8. The van der Waals surface area contributed by atoms with Crippen LogP contribution < -0.4 is 0 Å². The quantitative estimate of drug-likeness (QED) is 0.748. The van der Waals surface area contributed by atoms with Gasteiger partial charge >= 0.3 is 5.97 Å². The molecule has 0 aliphatic heterocycles. The maximum Gasteiger partial charge on any atom is 0.311 e. The Balaban J connectivity index is 2.23. The van der Waals surface area contributed by atoms with Crippen molar-refractivity contribution in [3.05, 3.63) is 0 Å². The van der Waals surface area contributed by atoms with Gasteiger partial charge in [-0.25, -0.2) is 0 Å². The first-order valence-corrected chi connectivity index (χ1v) is 6.29. The number of rotatable bonds is 3. The zero-order chi connectivity index (χ0) is 11.9. The highest BCUT2D eigenvalue weighted by atomic mass is 16.5. The molecule has 0 amide bonds. The average Bonchev–Trinajstić information content (AvgIpc) is 2.76. The van der Waals surface area contributed by atoms with Crippen LogP contribution in [-0.2, 0) is 9.53 Å². The topological polar surface area (TPSA) is 46.5 Å². The van der Waals surface area contributed by atoms with Gasteiger partial charge in [0.05, 0.1) is 18.6 Å². The average molecular weight is 226 g/mol. The molecular formula is C13H22O3. The molecule has 2 aliphatic carbocycles. The minimum absolute atomic E-state index is 0.136. The lowest BCUT2D eigenvalue weighted by Crippen LogP contribution is -2.49. The van der Waals surface area contributed by atoms with Crippen LogP contribution in [-0.4, -0.2) is 23.8 Å². The van der Waals surface area contributed by atoms with E-state index in [-0.39, 0.29) is 17.8 Å². The van der Waals surface area contributed by atoms with Crippen LogP contribution in [0, 0.1) is 23.7 Å². The normalized spacial score (nSPS) is 39.1. The van der Waals surface area contributed by atoms with Crippen LogP contribution in [0.25, 0.3) is 0 Å². The van der Waals surface area contributed by atoms with Crippen LogP contribution in [0.4, 0.5) is 0 Å². The first kappa shape index (κ1) is 11.9. The Morgan fingerprint density at radius 3 is 2.50 bits per heavy atom. The van der Waals surface area contributed by atoms with Crippen LogP contribution >= 0.6 is 0 Å². The third-order valence-corrected chi connectivity index (χ3v) is 4.52. The summed E-state index contributed by atoms with van der Waals surface area (Å²) in [5.41, 5.74) is -0.801. The van der Waals surface area contributed by atoms with Gasteiger partial charge in [0, 0.05) is 0 Å². The number of carbonyl (C=O) groups is 1. The van der Waals surface area contributed by atoms with Crippen molar-refractivity contribution in [1.29, 1.82) is 0 Å². The smallest absolute Gasteiger partial charge is 0.311 e. The largest absolute Gasteiger partial charge is 0.469 e. The van der Waals surface area contributed by atoms with E-state index in [0.29, 0.717) is 11.8 Å². The molecule has 0 saturated heterocycles. The molecular weight excluding hydrogens is 204 g/mol. The van der Waals surface area contributed by atoms with Gasteiger partial charge in [-0.15, -0.1) is 0 Å². The maximum atomic E-state index is 11.8. The molecule has 2 saturated carbocycles. The van der Waals surface area contributed by atoms with Gasteiger partial charge in [0.2, 0.25) is 0 Å². The standard InChI is InChI=1S/C13H22O3/c1-8(2)11(12(14)16-3)13(15)7-9-4-5-10(13)6-9/h8-11,15H,4-7H2,1-3H3. The van der Waals surface area contributed by atoms with Gasteiger partial charge in [0.15, 0.2) is 0 Å². The number of methoxy groups -OCH3 is 1. The van der Waals surface area contributed by atoms with Gasteiger partial charge in [-0.2, -0.15) is 0 Å². The van der Waals surface area contributed by atoms with Crippen LogP contribution in [0.1, 0.15) is 39.5 Å². The van der Waals surface area contributed by atoms with E-state index in [1.54, 1.807) is 0 Å². The summed E-state index contributed by atoms with van der Waals surface area (Å²) in [4.78, 5) is 11.8. The fourth-order valence-electron chi connectivity index (χ4n) is 3.90. The first-order valence-electron chi connectivity index (χ1n) is 6.29. The van der Waals surface area contributed by atoms with E-state index >= 15 is 0 Å². The van der Waals surface area contributed by atoms with Crippen LogP contribution in [0.2, 0.25) is 0 Å². The molecule has 2 bridgehead atoms. The Labute approximate surface area is 97.2 Å². The Morgan fingerprint density at radius 1 is 1.44 bits per heavy atom. The lowest BCUT2D eigenvalue weighted by atomic mass is 9.70. The second-order valence-electron chi connectivity index (χ2n) is 5.82. The van der Waals surface area contributed by atoms with Crippen LogP contribution in [0.3, 0.4) is 0 Å². The molecule has 16 heavy (non-hydrogen) atoms. The van der Waals surface area contributed by atoms with E-state index in [2.05, 4.69) is 0 Å².